The molecule has 0 aliphatic carbocycles. The zero-order valence-electron chi connectivity index (χ0n) is 31.8. The molecule has 0 atom stereocenters. The predicted octanol–water partition coefficient (Wildman–Crippen LogP) is 7.75. The summed E-state index contributed by atoms with van der Waals surface area (Å²) in [7, 11) is 0. The third-order valence-corrected chi connectivity index (χ3v) is 10.8. The van der Waals surface area contributed by atoms with Crippen LogP contribution in [0.2, 0.25) is 0 Å². The van der Waals surface area contributed by atoms with E-state index in [1.54, 1.807) is 122 Å². The first kappa shape index (κ1) is 36.1. The summed E-state index contributed by atoms with van der Waals surface area (Å²) in [6, 6.07) is 36.3. The van der Waals surface area contributed by atoms with E-state index in [2.05, 4.69) is 19.9 Å². The van der Waals surface area contributed by atoms with E-state index in [4.69, 9.17) is 8.83 Å². The van der Waals surface area contributed by atoms with Gasteiger partial charge < -0.3 is 8.83 Å². The fourth-order valence-electron chi connectivity index (χ4n) is 7.69. The van der Waals surface area contributed by atoms with Gasteiger partial charge in [-0.15, -0.1) is 0 Å². The van der Waals surface area contributed by atoms with Crippen LogP contribution < -0.4 is 21.1 Å². The second kappa shape index (κ2) is 13.8. The minimum absolute atomic E-state index is 0.0365. The Morgan fingerprint density at radius 3 is 1.26 bits per heavy atom. The first-order valence-electron chi connectivity index (χ1n) is 19.1. The maximum atomic E-state index is 13.6. The SMILES string of the molecule is O=C1c2ccc(-c3nc4ccccc4c(=O)o3)cc2C(=O)N1c1ccc(-c2cnc(-c3ccc(N4C(=O)c5ccc(-c6nc7ccccc7c(=O)o6)cc5C4=O)cc3)nc2)cc1. The summed E-state index contributed by atoms with van der Waals surface area (Å²) < 4.78 is 10.9. The van der Waals surface area contributed by atoms with Gasteiger partial charge in [0.25, 0.3) is 23.6 Å². The second-order valence-corrected chi connectivity index (χ2v) is 14.4. The smallest absolute Gasteiger partial charge is 0.347 e. The van der Waals surface area contributed by atoms with E-state index >= 15 is 0 Å². The summed E-state index contributed by atoms with van der Waals surface area (Å²) in [5, 5.41) is 0.671. The van der Waals surface area contributed by atoms with E-state index in [0.717, 1.165) is 15.4 Å². The first-order valence-corrected chi connectivity index (χ1v) is 19.1. The highest BCUT2D eigenvalue weighted by Gasteiger charge is 2.38. The summed E-state index contributed by atoms with van der Waals surface area (Å²) in [4.78, 5) is 99.3. The molecule has 0 unspecified atom stereocenters. The number of benzene rings is 6. The lowest BCUT2D eigenvalue weighted by molar-refractivity contribution is 0.0910. The summed E-state index contributed by atoms with van der Waals surface area (Å²) in [6.45, 7) is 0. The Morgan fingerprint density at radius 1 is 0.387 bits per heavy atom. The van der Waals surface area contributed by atoms with E-state index in [1.807, 2.05) is 0 Å². The molecule has 62 heavy (non-hydrogen) atoms. The molecule has 14 nitrogen and oxygen atoms in total. The highest BCUT2D eigenvalue weighted by atomic mass is 16.4. The Bertz CT molecular complexity index is 3310. The maximum Gasteiger partial charge on any atom is 0.347 e. The Balaban J connectivity index is 0.786. The number of amides is 4. The summed E-state index contributed by atoms with van der Waals surface area (Å²) >= 11 is 0. The number of anilines is 2. The Morgan fingerprint density at radius 2 is 0.790 bits per heavy atom. The van der Waals surface area contributed by atoms with Crippen LogP contribution in [0.3, 0.4) is 0 Å². The highest BCUT2D eigenvalue weighted by molar-refractivity contribution is 6.35. The van der Waals surface area contributed by atoms with E-state index in [1.165, 1.54) is 24.3 Å². The number of hydrogen-bond acceptors (Lipinski definition) is 12. The molecule has 294 valence electrons. The van der Waals surface area contributed by atoms with Crippen LogP contribution in [0.1, 0.15) is 41.4 Å². The zero-order chi connectivity index (χ0) is 42.2. The molecule has 5 heterocycles. The van der Waals surface area contributed by atoms with Crippen molar-refractivity contribution in [2.24, 2.45) is 0 Å². The van der Waals surface area contributed by atoms with Gasteiger partial charge in [-0.05, 0) is 103 Å². The third-order valence-electron chi connectivity index (χ3n) is 10.8. The van der Waals surface area contributed by atoms with Gasteiger partial charge in [-0.1, -0.05) is 36.4 Å². The topological polar surface area (TPSA) is 187 Å². The van der Waals surface area contributed by atoms with Crippen molar-refractivity contribution in [3.63, 3.8) is 0 Å². The number of hydrogen-bond donors (Lipinski definition) is 0. The van der Waals surface area contributed by atoms with Gasteiger partial charge in [0.1, 0.15) is 0 Å². The summed E-state index contributed by atoms with van der Waals surface area (Å²) in [5.41, 5.74) is 4.07. The first-order chi connectivity index (χ1) is 30.2. The van der Waals surface area contributed by atoms with Crippen LogP contribution in [0.4, 0.5) is 11.4 Å². The molecule has 6 aromatic carbocycles. The highest BCUT2D eigenvalue weighted by Crippen LogP contribution is 2.35. The van der Waals surface area contributed by atoms with Crippen molar-refractivity contribution in [2.45, 2.75) is 0 Å². The molecule has 0 fully saturated rings. The average Bonchev–Trinajstić information content (AvgIpc) is 3.71. The number of carbonyl (C=O) groups is 4. The van der Waals surface area contributed by atoms with Gasteiger partial charge in [0, 0.05) is 34.6 Å². The average molecular weight is 813 g/mol. The van der Waals surface area contributed by atoms with E-state index < -0.39 is 34.9 Å². The normalized spacial score (nSPS) is 13.4. The lowest BCUT2D eigenvalue weighted by Crippen LogP contribution is -2.29. The molecular weight excluding hydrogens is 789 g/mol. The number of aromatic nitrogens is 4. The van der Waals surface area contributed by atoms with Crippen molar-refractivity contribution in [1.82, 2.24) is 19.9 Å². The van der Waals surface area contributed by atoms with Gasteiger partial charge in [0.15, 0.2) is 5.82 Å². The largest absolute Gasteiger partial charge is 0.403 e. The van der Waals surface area contributed by atoms with Gasteiger partial charge in [-0.3, -0.25) is 19.2 Å². The van der Waals surface area contributed by atoms with Crippen LogP contribution in [-0.2, 0) is 0 Å². The number of rotatable bonds is 6. The maximum absolute atomic E-state index is 13.6. The molecule has 0 saturated heterocycles. The Hall–Kier alpha value is -9.04. The van der Waals surface area contributed by atoms with E-state index in [-0.39, 0.29) is 34.0 Å². The third kappa shape index (κ3) is 5.73. The molecule has 14 heteroatoms. The van der Waals surface area contributed by atoms with Gasteiger partial charge in [0.05, 0.1) is 55.4 Å². The Kier molecular flexibility index (Phi) is 8.02. The number of carbonyl (C=O) groups excluding carboxylic acids is 4. The minimum atomic E-state index is -0.558. The molecule has 9 aromatic rings. The van der Waals surface area contributed by atoms with Crippen molar-refractivity contribution in [3.8, 4) is 45.4 Å². The molecule has 0 radical (unpaired) electrons. The number of nitrogens with zero attached hydrogens (tertiary/aromatic N) is 6. The monoisotopic (exact) mass is 812 g/mol. The van der Waals surface area contributed by atoms with Crippen LogP contribution in [0.5, 0.6) is 0 Å². The molecular formula is C48H24N6O8. The Labute approximate surface area is 348 Å². The summed E-state index contributed by atoms with van der Waals surface area (Å²) in [5.74, 6) is -1.56. The van der Waals surface area contributed by atoms with Crippen molar-refractivity contribution in [1.29, 1.82) is 0 Å². The molecule has 0 bridgehead atoms. The molecule has 0 saturated carbocycles. The molecule has 11 rings (SSSR count). The molecule has 0 N–H and O–H groups in total. The zero-order valence-corrected chi connectivity index (χ0v) is 31.8. The second-order valence-electron chi connectivity index (χ2n) is 14.4. The predicted molar refractivity (Wildman–Crippen MR) is 227 cm³/mol. The van der Waals surface area contributed by atoms with Crippen molar-refractivity contribution in [2.75, 3.05) is 9.80 Å². The number of imide groups is 2. The lowest BCUT2D eigenvalue weighted by atomic mass is 10.1. The van der Waals surface area contributed by atoms with Crippen LogP contribution >= 0.6 is 0 Å². The molecule has 2 aliphatic heterocycles. The van der Waals surface area contributed by atoms with Gasteiger partial charge in [-0.2, -0.15) is 0 Å². The standard InChI is InChI=1S/C48H24N6O8/c55-43-32-19-13-27(41-51-38-7-3-1-5-34(38)47(59)61-41)21-36(32)45(57)53(43)30-15-9-25(10-16-30)29-23-49-40(50-24-29)26-11-17-31(18-12-26)54-44(56)33-20-14-28(22-37(33)46(54)58)42-52-39-8-4-2-6-35(39)48(60)62-42/h1-24H. The van der Waals surface area contributed by atoms with Crippen LogP contribution in [0.25, 0.3) is 67.2 Å². The van der Waals surface area contributed by atoms with E-state index in [0.29, 0.717) is 61.3 Å². The molecule has 3 aromatic heterocycles. The lowest BCUT2D eigenvalue weighted by Gasteiger charge is -2.14. The van der Waals surface area contributed by atoms with Crippen molar-refractivity contribution >= 4 is 56.8 Å². The van der Waals surface area contributed by atoms with Crippen molar-refractivity contribution in [3.05, 3.63) is 189 Å². The van der Waals surface area contributed by atoms with Gasteiger partial charge in [-0.25, -0.2) is 39.3 Å². The number of fused-ring (bicyclic) bond motifs is 4. The van der Waals surface area contributed by atoms with Crippen LogP contribution in [0, 0.1) is 0 Å². The number of para-hydroxylation sites is 2. The molecule has 4 amide bonds. The van der Waals surface area contributed by atoms with Crippen LogP contribution in [-0.4, -0.2) is 43.6 Å². The minimum Gasteiger partial charge on any atom is -0.403 e. The van der Waals surface area contributed by atoms with Gasteiger partial charge in [0.2, 0.25) is 11.8 Å². The molecule has 0 spiro atoms. The summed E-state index contributed by atoms with van der Waals surface area (Å²) in [6.07, 6.45) is 3.28. The van der Waals surface area contributed by atoms with Crippen molar-refractivity contribution < 1.29 is 28.0 Å². The fraction of sp³-hybridized carbons (Fsp3) is 0. The van der Waals surface area contributed by atoms with E-state index in [9.17, 15) is 28.8 Å². The quantitative estimate of drug-likeness (QED) is 0.149. The van der Waals surface area contributed by atoms with Crippen LogP contribution in [0.15, 0.2) is 164 Å². The molecule has 2 aliphatic rings. The fourth-order valence-corrected chi connectivity index (χ4v) is 7.69. The van der Waals surface area contributed by atoms with Gasteiger partial charge >= 0.3 is 11.3 Å².